The van der Waals surface area contributed by atoms with Crippen LogP contribution in [0.15, 0.2) is 21.2 Å². The second kappa shape index (κ2) is 15.1. The van der Waals surface area contributed by atoms with Gasteiger partial charge in [-0.1, -0.05) is 10.3 Å². The predicted molar refractivity (Wildman–Crippen MR) is 131 cm³/mol. The highest BCUT2D eigenvalue weighted by Crippen LogP contribution is 2.25. The van der Waals surface area contributed by atoms with Crippen molar-refractivity contribution in [1.29, 1.82) is 0 Å². The van der Waals surface area contributed by atoms with Gasteiger partial charge in [-0.2, -0.15) is 13.2 Å². The quantitative estimate of drug-likeness (QED) is 0.497. The van der Waals surface area contributed by atoms with Crippen LogP contribution in [0.1, 0.15) is 58.2 Å². The fraction of sp³-hybridized carbons (Fsp3) is 0.667. The van der Waals surface area contributed by atoms with E-state index in [1.807, 2.05) is 0 Å². The first-order valence-corrected chi connectivity index (χ1v) is 12.2. The van der Waals surface area contributed by atoms with Crippen LogP contribution in [0.4, 0.5) is 13.2 Å². The van der Waals surface area contributed by atoms with Gasteiger partial charge in [0.25, 0.3) is 0 Å². The molecule has 4 rings (SSSR count). The Morgan fingerprint density at radius 3 is 1.79 bits per heavy atom. The highest BCUT2D eigenvalue weighted by molar-refractivity contribution is 5.86. The summed E-state index contributed by atoms with van der Waals surface area (Å²) in [6.45, 7) is 2.12. The molecule has 2 saturated heterocycles. The molecule has 4 heterocycles. The lowest BCUT2D eigenvalue weighted by Crippen LogP contribution is -2.40. The number of aromatic nitrogens is 2. The molecule has 2 aliphatic rings. The molecule has 0 amide bonds. The van der Waals surface area contributed by atoms with E-state index in [-0.39, 0.29) is 29.8 Å². The van der Waals surface area contributed by atoms with Gasteiger partial charge in [0.1, 0.15) is 0 Å². The van der Waals surface area contributed by atoms with Crippen LogP contribution in [0, 0.1) is 11.8 Å². The number of likely N-dealkylation sites (tertiary alicyclic amines) is 1. The molecule has 0 aliphatic carbocycles. The Kier molecular flexibility index (Phi) is 12.5. The number of hydrogen-bond acceptors (Lipinski definition) is 10. The number of nitrogens with one attached hydrogen (secondary N) is 1. The van der Waals surface area contributed by atoms with Gasteiger partial charge in [0, 0.05) is 12.1 Å². The lowest BCUT2D eigenvalue weighted by atomic mass is 9.92. The van der Waals surface area contributed by atoms with Crippen molar-refractivity contribution >= 4 is 24.3 Å². The van der Waals surface area contributed by atoms with Crippen molar-refractivity contribution < 1.29 is 41.3 Å². The molecule has 214 valence electrons. The largest absolute Gasteiger partial charge is 0.463 e. The standard InChI is InChI=1S/C13H17F3N2O3.C11H16N2O3.ClH/c1-20-12(19)11-7-10(17-21-11)6-9-2-4-18(5-3-9)8-13(14,15)16;1-15-11(14)10-7-9(13-16-10)6-8-2-4-12-5-3-8;/h7,9H,2-6,8H2,1H3;7-8,12H,2-6H2,1H3;1H. The van der Waals surface area contributed by atoms with Crippen molar-refractivity contribution in [1.82, 2.24) is 20.5 Å². The second-order valence-corrected chi connectivity index (χ2v) is 9.28. The molecule has 14 heteroatoms. The van der Waals surface area contributed by atoms with E-state index in [9.17, 15) is 22.8 Å². The molecule has 0 atom stereocenters. The van der Waals surface area contributed by atoms with E-state index in [0.717, 1.165) is 38.0 Å². The van der Waals surface area contributed by atoms with Crippen LogP contribution >= 0.6 is 12.4 Å². The number of carbonyl (C=O) groups excluding carboxylic acids is 2. The number of halogens is 4. The average Bonchev–Trinajstić information content (AvgIpc) is 3.54. The minimum atomic E-state index is -4.14. The number of ether oxygens (including phenoxy) is 2. The molecule has 0 saturated carbocycles. The molecule has 10 nitrogen and oxygen atoms in total. The Labute approximate surface area is 224 Å². The van der Waals surface area contributed by atoms with E-state index in [1.54, 1.807) is 6.07 Å². The summed E-state index contributed by atoms with van der Waals surface area (Å²) in [4.78, 5) is 23.8. The van der Waals surface area contributed by atoms with Crippen LogP contribution < -0.4 is 5.32 Å². The number of rotatable bonds is 7. The van der Waals surface area contributed by atoms with Crippen molar-refractivity contribution in [2.75, 3.05) is 46.9 Å². The van der Waals surface area contributed by atoms with Crippen LogP contribution in [0.5, 0.6) is 0 Å². The first-order chi connectivity index (χ1) is 17.7. The summed E-state index contributed by atoms with van der Waals surface area (Å²) in [6, 6.07) is 3.20. The Morgan fingerprint density at radius 2 is 1.37 bits per heavy atom. The zero-order chi connectivity index (χ0) is 26.8. The Bertz CT molecular complexity index is 1000. The minimum Gasteiger partial charge on any atom is -0.463 e. The van der Waals surface area contributed by atoms with Gasteiger partial charge in [-0.3, -0.25) is 4.90 Å². The monoisotopic (exact) mass is 566 g/mol. The van der Waals surface area contributed by atoms with Crippen molar-refractivity contribution in [3.8, 4) is 0 Å². The molecule has 0 aromatic carbocycles. The minimum absolute atomic E-state index is 0. The lowest BCUT2D eigenvalue weighted by molar-refractivity contribution is -0.148. The molecule has 1 N–H and O–H groups in total. The number of nitrogens with zero attached hydrogens (tertiary/aromatic N) is 3. The summed E-state index contributed by atoms with van der Waals surface area (Å²) in [5, 5.41) is 11.0. The van der Waals surface area contributed by atoms with Gasteiger partial charge >= 0.3 is 18.1 Å². The molecule has 0 spiro atoms. The summed E-state index contributed by atoms with van der Waals surface area (Å²) in [6.07, 6.45) is 0.991. The normalized spacial score (nSPS) is 17.2. The number of hydrogen-bond donors (Lipinski definition) is 1. The van der Waals surface area contributed by atoms with Crippen LogP contribution in [-0.4, -0.2) is 80.3 Å². The molecule has 2 aliphatic heterocycles. The van der Waals surface area contributed by atoms with E-state index in [2.05, 4.69) is 25.1 Å². The van der Waals surface area contributed by atoms with Gasteiger partial charge in [0.2, 0.25) is 11.5 Å². The van der Waals surface area contributed by atoms with Crippen LogP contribution in [0.3, 0.4) is 0 Å². The molecule has 2 aromatic heterocycles. The van der Waals surface area contributed by atoms with Gasteiger partial charge in [0.15, 0.2) is 0 Å². The molecule has 0 radical (unpaired) electrons. The van der Waals surface area contributed by atoms with Crippen LogP contribution in [0.2, 0.25) is 0 Å². The van der Waals surface area contributed by atoms with Gasteiger partial charge in [-0.25, -0.2) is 9.59 Å². The number of piperidine rings is 2. The third kappa shape index (κ3) is 10.3. The Balaban J connectivity index is 0.000000269. The SMILES string of the molecule is COC(=O)c1cc(CC2CCN(CC(F)(F)F)CC2)no1.COC(=O)c1cc(CC2CCNCC2)no1.Cl. The fourth-order valence-electron chi connectivity index (χ4n) is 4.49. The third-order valence-electron chi connectivity index (χ3n) is 6.46. The van der Waals surface area contributed by atoms with E-state index >= 15 is 0 Å². The zero-order valence-electron chi connectivity index (χ0n) is 21.4. The maximum Gasteiger partial charge on any atom is 0.401 e. The molecule has 38 heavy (non-hydrogen) atoms. The van der Waals surface area contributed by atoms with Crippen molar-refractivity contribution in [2.24, 2.45) is 11.8 Å². The maximum absolute atomic E-state index is 12.3. The van der Waals surface area contributed by atoms with Gasteiger partial charge < -0.3 is 23.8 Å². The number of methoxy groups -OCH3 is 2. The summed E-state index contributed by atoms with van der Waals surface area (Å²) in [7, 11) is 2.58. The summed E-state index contributed by atoms with van der Waals surface area (Å²) in [5.41, 5.74) is 1.47. The topological polar surface area (TPSA) is 120 Å². The first-order valence-electron chi connectivity index (χ1n) is 12.2. The fourth-order valence-corrected chi connectivity index (χ4v) is 4.49. The molecule has 2 aromatic rings. The number of carbonyl (C=O) groups is 2. The van der Waals surface area contributed by atoms with Crippen LogP contribution in [-0.2, 0) is 22.3 Å². The van der Waals surface area contributed by atoms with E-state index in [4.69, 9.17) is 9.05 Å². The van der Waals surface area contributed by atoms with Crippen molar-refractivity contribution in [3.05, 3.63) is 35.0 Å². The third-order valence-corrected chi connectivity index (χ3v) is 6.46. The van der Waals surface area contributed by atoms with E-state index < -0.39 is 24.7 Å². The average molecular weight is 567 g/mol. The van der Waals surface area contributed by atoms with E-state index in [0.29, 0.717) is 44.0 Å². The van der Waals surface area contributed by atoms with E-state index in [1.165, 1.54) is 25.2 Å². The predicted octanol–water partition coefficient (Wildman–Crippen LogP) is 3.70. The van der Waals surface area contributed by atoms with Gasteiger partial charge in [-0.05, 0) is 76.5 Å². The molecular formula is C24H34ClF3N4O6. The smallest absolute Gasteiger partial charge is 0.401 e. The van der Waals surface area contributed by atoms with Gasteiger partial charge in [0.05, 0.1) is 32.2 Å². The van der Waals surface area contributed by atoms with Crippen molar-refractivity contribution in [2.45, 2.75) is 44.7 Å². The zero-order valence-corrected chi connectivity index (χ0v) is 22.2. The Morgan fingerprint density at radius 1 is 0.921 bits per heavy atom. The summed E-state index contributed by atoms with van der Waals surface area (Å²) < 4.78 is 55.7. The van der Waals surface area contributed by atoms with Gasteiger partial charge in [-0.15, -0.1) is 12.4 Å². The molecule has 0 bridgehead atoms. The Hall–Kier alpha value is -2.64. The molecular weight excluding hydrogens is 533 g/mol. The first kappa shape index (κ1) is 31.6. The van der Waals surface area contributed by atoms with Crippen molar-refractivity contribution in [3.63, 3.8) is 0 Å². The van der Waals surface area contributed by atoms with Crippen LogP contribution in [0.25, 0.3) is 0 Å². The molecule has 0 unspecified atom stereocenters. The molecule has 2 fully saturated rings. The highest BCUT2D eigenvalue weighted by Gasteiger charge is 2.32. The maximum atomic E-state index is 12.3. The second-order valence-electron chi connectivity index (χ2n) is 9.28. The lowest BCUT2D eigenvalue weighted by Gasteiger charge is -2.31. The summed E-state index contributed by atoms with van der Waals surface area (Å²) in [5.74, 6) is 0.0631. The summed E-state index contributed by atoms with van der Waals surface area (Å²) >= 11 is 0. The number of alkyl halides is 3. The highest BCUT2D eigenvalue weighted by atomic mass is 35.5. The number of esters is 2.